The first-order valence-corrected chi connectivity index (χ1v) is 4.54. The molecule has 1 heterocycles. The van der Waals surface area contributed by atoms with E-state index in [1.165, 1.54) is 0 Å². The molecule has 0 radical (unpaired) electrons. The van der Waals surface area contributed by atoms with Gasteiger partial charge in [0, 0.05) is 18.7 Å². The van der Waals surface area contributed by atoms with E-state index in [1.54, 1.807) is 23.9 Å². The third kappa shape index (κ3) is 1.59. The van der Waals surface area contributed by atoms with Crippen molar-refractivity contribution in [1.82, 2.24) is 4.57 Å². The van der Waals surface area contributed by atoms with Crippen LogP contribution in [0, 0.1) is 0 Å². The Hall–Kier alpha value is -1.81. The lowest BCUT2D eigenvalue weighted by Gasteiger charge is -2.01. The smallest absolute Gasteiger partial charge is 0.337 e. The number of carbonyl (C=O) groups is 1. The molecule has 0 unspecified atom stereocenters. The van der Waals surface area contributed by atoms with Crippen molar-refractivity contribution < 1.29 is 14.6 Å². The summed E-state index contributed by atoms with van der Waals surface area (Å²) in [7, 11) is 1.58. The van der Waals surface area contributed by atoms with E-state index in [2.05, 4.69) is 0 Å². The number of aromatic nitrogens is 1. The second-order valence-corrected chi connectivity index (χ2v) is 3.25. The van der Waals surface area contributed by atoms with Crippen LogP contribution in [-0.4, -0.2) is 22.8 Å². The molecule has 1 aromatic carbocycles. The summed E-state index contributed by atoms with van der Waals surface area (Å²) in [6.07, 6.45) is 1.59. The van der Waals surface area contributed by atoms with Crippen molar-refractivity contribution in [3.05, 3.63) is 36.0 Å². The number of carboxylic acid groups (broad SMARTS) is 1. The molecule has 1 aromatic heterocycles. The van der Waals surface area contributed by atoms with Gasteiger partial charge < -0.3 is 14.4 Å². The van der Waals surface area contributed by atoms with Crippen molar-refractivity contribution in [2.75, 3.05) is 7.11 Å². The quantitative estimate of drug-likeness (QED) is 0.833. The van der Waals surface area contributed by atoms with Crippen molar-refractivity contribution >= 4 is 16.9 Å². The number of carboxylic acids is 1. The normalized spacial score (nSPS) is 10.7. The summed E-state index contributed by atoms with van der Waals surface area (Å²) >= 11 is 0. The molecular formula is C11H11NO3. The van der Waals surface area contributed by atoms with Gasteiger partial charge in [0.25, 0.3) is 0 Å². The zero-order chi connectivity index (χ0) is 10.8. The van der Waals surface area contributed by atoms with E-state index in [0.29, 0.717) is 12.3 Å². The molecule has 0 bridgehead atoms. The van der Waals surface area contributed by atoms with Crippen LogP contribution in [0.2, 0.25) is 0 Å². The average molecular weight is 205 g/mol. The molecule has 0 aliphatic heterocycles. The first kappa shape index (κ1) is 9.73. The Bertz CT molecular complexity index is 502. The molecule has 0 atom stereocenters. The van der Waals surface area contributed by atoms with Gasteiger partial charge >= 0.3 is 5.97 Å². The number of rotatable bonds is 3. The SMILES string of the molecule is COCn1cc(C(=O)O)c2ccccc21. The first-order valence-electron chi connectivity index (χ1n) is 4.54. The van der Waals surface area contributed by atoms with Crippen LogP contribution in [0.5, 0.6) is 0 Å². The molecule has 2 aromatic rings. The summed E-state index contributed by atoms with van der Waals surface area (Å²) in [5, 5.41) is 9.75. The minimum absolute atomic E-state index is 0.308. The van der Waals surface area contributed by atoms with Gasteiger partial charge in [-0.15, -0.1) is 0 Å². The van der Waals surface area contributed by atoms with E-state index >= 15 is 0 Å². The number of para-hydroxylation sites is 1. The molecule has 2 rings (SSSR count). The topological polar surface area (TPSA) is 51.5 Å². The fraction of sp³-hybridized carbons (Fsp3) is 0.182. The van der Waals surface area contributed by atoms with Gasteiger partial charge in [-0.3, -0.25) is 0 Å². The van der Waals surface area contributed by atoms with Crippen molar-refractivity contribution in [2.45, 2.75) is 6.73 Å². The van der Waals surface area contributed by atoms with Crippen LogP contribution in [0.15, 0.2) is 30.5 Å². The van der Waals surface area contributed by atoms with E-state index < -0.39 is 5.97 Å². The third-order valence-electron chi connectivity index (χ3n) is 2.29. The maximum atomic E-state index is 11.0. The van der Waals surface area contributed by atoms with Gasteiger partial charge in [0.2, 0.25) is 0 Å². The lowest BCUT2D eigenvalue weighted by atomic mass is 10.2. The highest BCUT2D eigenvalue weighted by Gasteiger charge is 2.12. The number of hydrogen-bond acceptors (Lipinski definition) is 2. The summed E-state index contributed by atoms with van der Waals surface area (Å²) in [5.74, 6) is -0.916. The Kier molecular flexibility index (Phi) is 2.43. The standard InChI is InChI=1S/C11H11NO3/c1-15-7-12-6-9(11(13)14)8-4-2-3-5-10(8)12/h2-6H,7H2,1H3,(H,13,14). The Labute approximate surface area is 86.7 Å². The van der Waals surface area contributed by atoms with Crippen molar-refractivity contribution in [3.8, 4) is 0 Å². The number of methoxy groups -OCH3 is 1. The van der Waals surface area contributed by atoms with Gasteiger partial charge in [0.05, 0.1) is 11.1 Å². The number of ether oxygens (including phenoxy) is 1. The Morgan fingerprint density at radius 1 is 1.47 bits per heavy atom. The minimum Gasteiger partial charge on any atom is -0.478 e. The zero-order valence-corrected chi connectivity index (χ0v) is 8.30. The van der Waals surface area contributed by atoms with Crippen LogP contribution < -0.4 is 0 Å². The van der Waals surface area contributed by atoms with Gasteiger partial charge in [-0.05, 0) is 6.07 Å². The highest BCUT2D eigenvalue weighted by atomic mass is 16.5. The van der Waals surface area contributed by atoms with Crippen molar-refractivity contribution in [2.24, 2.45) is 0 Å². The Morgan fingerprint density at radius 3 is 2.87 bits per heavy atom. The highest BCUT2D eigenvalue weighted by molar-refractivity contribution is 6.03. The lowest BCUT2D eigenvalue weighted by molar-refractivity contribution is 0.0698. The monoisotopic (exact) mass is 205 g/mol. The molecule has 4 nitrogen and oxygen atoms in total. The summed E-state index contributed by atoms with van der Waals surface area (Å²) in [6, 6.07) is 7.37. The van der Waals surface area contributed by atoms with E-state index in [0.717, 1.165) is 10.9 Å². The molecule has 0 saturated heterocycles. The molecule has 0 saturated carbocycles. The van der Waals surface area contributed by atoms with Gasteiger partial charge in [0.1, 0.15) is 6.73 Å². The third-order valence-corrected chi connectivity index (χ3v) is 2.29. The fourth-order valence-electron chi connectivity index (χ4n) is 1.66. The molecule has 1 N–H and O–H groups in total. The van der Waals surface area contributed by atoms with Gasteiger partial charge in [-0.1, -0.05) is 18.2 Å². The summed E-state index contributed by atoms with van der Waals surface area (Å²) in [5.41, 5.74) is 1.18. The highest BCUT2D eigenvalue weighted by Crippen LogP contribution is 2.21. The number of aromatic carboxylic acids is 1. The predicted molar refractivity (Wildman–Crippen MR) is 55.9 cm³/mol. The van der Waals surface area contributed by atoms with E-state index in [-0.39, 0.29) is 0 Å². The second kappa shape index (κ2) is 3.74. The Morgan fingerprint density at radius 2 is 2.20 bits per heavy atom. The molecule has 15 heavy (non-hydrogen) atoms. The second-order valence-electron chi connectivity index (χ2n) is 3.25. The van der Waals surface area contributed by atoms with Crippen LogP contribution in [0.3, 0.4) is 0 Å². The summed E-state index contributed by atoms with van der Waals surface area (Å²) in [6.45, 7) is 0.355. The number of benzene rings is 1. The number of nitrogens with zero attached hydrogens (tertiary/aromatic N) is 1. The Balaban J connectivity index is 2.67. The van der Waals surface area contributed by atoms with Crippen LogP contribution in [-0.2, 0) is 11.5 Å². The molecule has 0 amide bonds. The number of hydrogen-bond donors (Lipinski definition) is 1. The maximum absolute atomic E-state index is 11.0. The fourth-order valence-corrected chi connectivity index (χ4v) is 1.66. The van der Waals surface area contributed by atoms with Crippen LogP contribution in [0.25, 0.3) is 10.9 Å². The molecule has 0 aliphatic carbocycles. The van der Waals surface area contributed by atoms with Crippen molar-refractivity contribution in [1.29, 1.82) is 0 Å². The van der Waals surface area contributed by atoms with Crippen LogP contribution in [0.1, 0.15) is 10.4 Å². The van der Waals surface area contributed by atoms with Gasteiger partial charge in [-0.2, -0.15) is 0 Å². The van der Waals surface area contributed by atoms with Crippen LogP contribution in [0.4, 0.5) is 0 Å². The molecule has 0 spiro atoms. The summed E-state index contributed by atoms with van der Waals surface area (Å²) < 4.78 is 6.78. The average Bonchev–Trinajstić information content (AvgIpc) is 2.59. The first-order chi connectivity index (χ1) is 7.24. The van der Waals surface area contributed by atoms with Crippen molar-refractivity contribution in [3.63, 3.8) is 0 Å². The van der Waals surface area contributed by atoms with Gasteiger partial charge in [0.15, 0.2) is 0 Å². The lowest BCUT2D eigenvalue weighted by Crippen LogP contribution is -1.98. The zero-order valence-electron chi connectivity index (χ0n) is 8.30. The summed E-state index contributed by atoms with van der Waals surface area (Å²) in [4.78, 5) is 11.0. The molecule has 0 aliphatic rings. The predicted octanol–water partition coefficient (Wildman–Crippen LogP) is 1.94. The number of fused-ring (bicyclic) bond motifs is 1. The van der Waals surface area contributed by atoms with E-state index in [9.17, 15) is 4.79 Å². The van der Waals surface area contributed by atoms with Gasteiger partial charge in [-0.25, -0.2) is 4.79 Å². The molecular weight excluding hydrogens is 194 g/mol. The van der Waals surface area contributed by atoms with E-state index in [4.69, 9.17) is 9.84 Å². The van der Waals surface area contributed by atoms with E-state index in [1.807, 2.05) is 18.2 Å². The minimum atomic E-state index is -0.916. The molecule has 4 heteroatoms. The van der Waals surface area contributed by atoms with Crippen LogP contribution >= 0.6 is 0 Å². The molecule has 0 fully saturated rings. The largest absolute Gasteiger partial charge is 0.478 e. The maximum Gasteiger partial charge on any atom is 0.337 e. The molecule has 78 valence electrons.